The Morgan fingerprint density at radius 2 is 1.83 bits per heavy atom. The molecule has 0 radical (unpaired) electrons. The minimum Gasteiger partial charge on any atom is -0.508 e. The maximum absolute atomic E-state index is 9.20. The average molecular weight is 245 g/mol. The quantitative estimate of drug-likeness (QED) is 0.854. The summed E-state index contributed by atoms with van der Waals surface area (Å²) in [6.07, 6.45) is 3.22. The number of rotatable bonds is 4. The van der Waals surface area contributed by atoms with Crippen LogP contribution in [0.2, 0.25) is 0 Å². The summed E-state index contributed by atoms with van der Waals surface area (Å²) < 4.78 is 5.39. The zero-order valence-electron chi connectivity index (χ0n) is 10.1. The smallest absolute Gasteiger partial charge is 0.159 e. The summed E-state index contributed by atoms with van der Waals surface area (Å²) in [5.41, 5.74) is 6.43. The molecule has 5 nitrogen and oxygen atoms in total. The van der Waals surface area contributed by atoms with Crippen molar-refractivity contribution in [3.8, 4) is 22.9 Å². The summed E-state index contributed by atoms with van der Waals surface area (Å²) in [7, 11) is 0. The van der Waals surface area contributed by atoms with Crippen LogP contribution in [0.5, 0.6) is 11.5 Å². The first kappa shape index (κ1) is 12.3. The lowest BCUT2D eigenvalue weighted by atomic mass is 10.2. The summed E-state index contributed by atoms with van der Waals surface area (Å²) in [5.74, 6) is 1.40. The standard InChI is InChI=1S/C13H15N3O2/c1-9(14)8-18-12-6-15-13(16-7-12)10-2-4-11(17)5-3-10/h2-7,9,17H,8,14H2,1H3. The van der Waals surface area contributed by atoms with Crippen molar-refractivity contribution in [2.24, 2.45) is 5.73 Å². The van der Waals surface area contributed by atoms with E-state index < -0.39 is 0 Å². The van der Waals surface area contributed by atoms with Crippen molar-refractivity contribution < 1.29 is 9.84 Å². The summed E-state index contributed by atoms with van der Waals surface area (Å²) in [6, 6.07) is 6.68. The second-order valence-electron chi connectivity index (χ2n) is 4.08. The Balaban J connectivity index is 2.09. The molecule has 0 spiro atoms. The molecule has 2 aromatic rings. The van der Waals surface area contributed by atoms with Gasteiger partial charge in [0.05, 0.1) is 12.4 Å². The van der Waals surface area contributed by atoms with E-state index in [4.69, 9.17) is 10.5 Å². The van der Waals surface area contributed by atoms with Gasteiger partial charge in [0.1, 0.15) is 12.4 Å². The van der Waals surface area contributed by atoms with Gasteiger partial charge in [-0.15, -0.1) is 0 Å². The number of aromatic nitrogens is 2. The van der Waals surface area contributed by atoms with E-state index >= 15 is 0 Å². The third-order valence-electron chi connectivity index (χ3n) is 2.27. The number of benzene rings is 1. The summed E-state index contributed by atoms with van der Waals surface area (Å²) >= 11 is 0. The van der Waals surface area contributed by atoms with Crippen molar-refractivity contribution >= 4 is 0 Å². The van der Waals surface area contributed by atoms with Gasteiger partial charge in [0.15, 0.2) is 11.6 Å². The number of phenols is 1. The van der Waals surface area contributed by atoms with Crippen LogP contribution < -0.4 is 10.5 Å². The van der Waals surface area contributed by atoms with Crippen LogP contribution in [0.3, 0.4) is 0 Å². The first-order chi connectivity index (χ1) is 8.65. The second-order valence-corrected chi connectivity index (χ2v) is 4.08. The zero-order valence-corrected chi connectivity index (χ0v) is 10.1. The van der Waals surface area contributed by atoms with Crippen molar-refractivity contribution in [2.75, 3.05) is 6.61 Å². The van der Waals surface area contributed by atoms with E-state index in [0.29, 0.717) is 18.2 Å². The Bertz CT molecular complexity index is 495. The van der Waals surface area contributed by atoms with Crippen molar-refractivity contribution in [3.05, 3.63) is 36.7 Å². The predicted molar refractivity (Wildman–Crippen MR) is 68.3 cm³/mol. The van der Waals surface area contributed by atoms with E-state index in [1.54, 1.807) is 36.7 Å². The maximum Gasteiger partial charge on any atom is 0.159 e. The van der Waals surface area contributed by atoms with Crippen LogP contribution in [0.15, 0.2) is 36.7 Å². The van der Waals surface area contributed by atoms with Crippen molar-refractivity contribution in [1.29, 1.82) is 0 Å². The van der Waals surface area contributed by atoms with Gasteiger partial charge in [-0.2, -0.15) is 0 Å². The first-order valence-electron chi connectivity index (χ1n) is 5.65. The van der Waals surface area contributed by atoms with Gasteiger partial charge in [0, 0.05) is 11.6 Å². The van der Waals surface area contributed by atoms with Crippen molar-refractivity contribution in [2.45, 2.75) is 13.0 Å². The van der Waals surface area contributed by atoms with Crippen LogP contribution in [-0.4, -0.2) is 27.7 Å². The fourth-order valence-corrected chi connectivity index (χ4v) is 1.38. The largest absolute Gasteiger partial charge is 0.508 e. The van der Waals surface area contributed by atoms with E-state index in [0.717, 1.165) is 5.56 Å². The Morgan fingerprint density at radius 1 is 1.22 bits per heavy atom. The summed E-state index contributed by atoms with van der Waals surface area (Å²) in [4.78, 5) is 8.40. The topological polar surface area (TPSA) is 81.3 Å². The highest BCUT2D eigenvalue weighted by Gasteiger charge is 2.03. The van der Waals surface area contributed by atoms with E-state index in [2.05, 4.69) is 9.97 Å². The van der Waals surface area contributed by atoms with Crippen LogP contribution in [-0.2, 0) is 0 Å². The molecule has 1 heterocycles. The molecule has 0 amide bonds. The fourth-order valence-electron chi connectivity index (χ4n) is 1.38. The van der Waals surface area contributed by atoms with Crippen LogP contribution in [0.1, 0.15) is 6.92 Å². The molecule has 0 bridgehead atoms. The molecule has 0 aliphatic carbocycles. The molecule has 94 valence electrons. The minimum absolute atomic E-state index is 0.0261. The normalized spacial score (nSPS) is 12.1. The number of phenolic OH excluding ortho intramolecular Hbond substituents is 1. The maximum atomic E-state index is 9.20. The van der Waals surface area contributed by atoms with Crippen LogP contribution in [0.25, 0.3) is 11.4 Å². The molecule has 18 heavy (non-hydrogen) atoms. The number of nitrogens with zero attached hydrogens (tertiary/aromatic N) is 2. The Kier molecular flexibility index (Phi) is 3.74. The Morgan fingerprint density at radius 3 is 2.39 bits per heavy atom. The molecule has 1 aromatic heterocycles. The van der Waals surface area contributed by atoms with Crippen LogP contribution in [0, 0.1) is 0 Å². The molecule has 0 aliphatic rings. The van der Waals surface area contributed by atoms with Crippen molar-refractivity contribution in [1.82, 2.24) is 9.97 Å². The highest BCUT2D eigenvalue weighted by Crippen LogP contribution is 2.19. The molecule has 3 N–H and O–H groups in total. The fraction of sp³-hybridized carbons (Fsp3) is 0.231. The van der Waals surface area contributed by atoms with Gasteiger partial charge in [-0.1, -0.05) is 0 Å². The van der Waals surface area contributed by atoms with Gasteiger partial charge in [-0.3, -0.25) is 0 Å². The molecule has 0 saturated carbocycles. The molecule has 0 fully saturated rings. The van der Waals surface area contributed by atoms with Gasteiger partial charge in [0.2, 0.25) is 0 Å². The number of aromatic hydroxyl groups is 1. The number of hydrogen-bond donors (Lipinski definition) is 2. The monoisotopic (exact) mass is 245 g/mol. The highest BCUT2D eigenvalue weighted by molar-refractivity contribution is 5.55. The summed E-state index contributed by atoms with van der Waals surface area (Å²) in [6.45, 7) is 2.30. The number of hydrogen-bond acceptors (Lipinski definition) is 5. The van der Waals surface area contributed by atoms with E-state index in [9.17, 15) is 5.11 Å². The second kappa shape index (κ2) is 5.46. The SMILES string of the molecule is CC(N)COc1cnc(-c2ccc(O)cc2)nc1. The molecule has 2 rings (SSSR count). The van der Waals surface area contributed by atoms with E-state index in [1.807, 2.05) is 6.92 Å². The van der Waals surface area contributed by atoms with Gasteiger partial charge >= 0.3 is 0 Å². The van der Waals surface area contributed by atoms with Crippen LogP contribution in [0.4, 0.5) is 0 Å². The average Bonchev–Trinajstić information content (AvgIpc) is 2.38. The van der Waals surface area contributed by atoms with Crippen molar-refractivity contribution in [3.63, 3.8) is 0 Å². The van der Waals surface area contributed by atoms with Crippen LogP contribution >= 0.6 is 0 Å². The lowest BCUT2D eigenvalue weighted by molar-refractivity contribution is 0.294. The lowest BCUT2D eigenvalue weighted by Gasteiger charge is -2.08. The molecule has 1 aromatic carbocycles. The summed E-state index contributed by atoms with van der Waals surface area (Å²) in [5, 5.41) is 9.20. The van der Waals surface area contributed by atoms with Gasteiger partial charge < -0.3 is 15.6 Å². The molecule has 0 saturated heterocycles. The Hall–Kier alpha value is -2.14. The first-order valence-corrected chi connectivity index (χ1v) is 5.65. The molecular formula is C13H15N3O2. The van der Waals surface area contributed by atoms with Gasteiger partial charge in [-0.05, 0) is 31.2 Å². The highest BCUT2D eigenvalue weighted by atomic mass is 16.5. The number of nitrogens with two attached hydrogens (primary N) is 1. The minimum atomic E-state index is -0.0261. The third kappa shape index (κ3) is 3.18. The van der Waals surface area contributed by atoms with E-state index in [1.165, 1.54) is 0 Å². The molecule has 1 unspecified atom stereocenters. The molecule has 5 heteroatoms. The lowest BCUT2D eigenvalue weighted by Crippen LogP contribution is -2.23. The molecule has 1 atom stereocenters. The van der Waals surface area contributed by atoms with E-state index in [-0.39, 0.29) is 11.8 Å². The Labute approximate surface area is 105 Å². The van der Waals surface area contributed by atoms with Gasteiger partial charge in [0.25, 0.3) is 0 Å². The zero-order chi connectivity index (χ0) is 13.0. The third-order valence-corrected chi connectivity index (χ3v) is 2.27. The predicted octanol–water partition coefficient (Wildman–Crippen LogP) is 1.58. The molecular weight excluding hydrogens is 230 g/mol. The van der Waals surface area contributed by atoms with Gasteiger partial charge in [-0.25, -0.2) is 9.97 Å². The molecule has 0 aliphatic heterocycles. The number of ether oxygens (including phenoxy) is 1.